The van der Waals surface area contributed by atoms with Crippen LogP contribution in [0.4, 0.5) is 0 Å². The summed E-state index contributed by atoms with van der Waals surface area (Å²) in [7, 11) is 0. The summed E-state index contributed by atoms with van der Waals surface area (Å²) in [5, 5.41) is 0. The van der Waals surface area contributed by atoms with Gasteiger partial charge in [-0.15, -0.1) is 0 Å². The van der Waals surface area contributed by atoms with Crippen molar-refractivity contribution in [3.63, 3.8) is 0 Å². The Morgan fingerprint density at radius 3 is 2.56 bits per heavy atom. The lowest BCUT2D eigenvalue weighted by molar-refractivity contribution is 0.851. The number of nitrogens with zero attached hydrogens (tertiary/aromatic N) is 1. The molecule has 16 heavy (non-hydrogen) atoms. The van der Waals surface area contributed by atoms with Crippen LogP contribution in [0.1, 0.15) is 22.7 Å². The molecule has 0 aliphatic heterocycles. The van der Waals surface area contributed by atoms with Crippen molar-refractivity contribution in [2.24, 2.45) is 5.73 Å². The maximum Gasteiger partial charge on any atom is 0.101 e. The number of hydrogen-bond donors (Lipinski definition) is 1. The van der Waals surface area contributed by atoms with Crippen LogP contribution in [0.2, 0.25) is 0 Å². The fraction of sp³-hybridized carbons (Fsp3) is 0.154. The summed E-state index contributed by atoms with van der Waals surface area (Å²) in [6, 6.07) is 12.1. The summed E-state index contributed by atoms with van der Waals surface area (Å²) < 4.78 is 0.999. The van der Waals surface area contributed by atoms with Gasteiger partial charge in [0.2, 0.25) is 0 Å². The van der Waals surface area contributed by atoms with E-state index in [0.717, 1.165) is 14.8 Å². The fourth-order valence-corrected chi connectivity index (χ4v) is 2.30. The summed E-state index contributed by atoms with van der Waals surface area (Å²) in [4.78, 5) is 4.29. The minimum Gasteiger partial charge on any atom is -0.320 e. The number of pyridine rings is 1. The molecule has 1 heterocycles. The van der Waals surface area contributed by atoms with Crippen LogP contribution in [0.5, 0.6) is 0 Å². The summed E-state index contributed by atoms with van der Waals surface area (Å²) in [6.45, 7) is 2.07. The van der Waals surface area contributed by atoms with E-state index in [-0.39, 0.29) is 6.04 Å². The van der Waals surface area contributed by atoms with Crippen LogP contribution >= 0.6 is 22.6 Å². The summed E-state index contributed by atoms with van der Waals surface area (Å²) in [6.07, 6.45) is 1.87. The van der Waals surface area contributed by atoms with Gasteiger partial charge in [-0.1, -0.05) is 30.3 Å². The first-order valence-corrected chi connectivity index (χ1v) is 6.19. The molecule has 1 aromatic heterocycles. The maximum atomic E-state index is 6.22. The molecular weight excluding hydrogens is 311 g/mol. The summed E-state index contributed by atoms with van der Waals surface area (Å²) >= 11 is 2.21. The van der Waals surface area contributed by atoms with Crippen molar-refractivity contribution in [2.45, 2.75) is 13.0 Å². The molecule has 0 aliphatic carbocycles. The van der Waals surface area contributed by atoms with Gasteiger partial charge in [-0.3, -0.25) is 0 Å². The molecule has 1 atom stereocenters. The monoisotopic (exact) mass is 324 g/mol. The molecular formula is C13H13IN2. The highest BCUT2D eigenvalue weighted by Crippen LogP contribution is 2.22. The van der Waals surface area contributed by atoms with Crippen LogP contribution in [-0.2, 0) is 0 Å². The third-order valence-electron chi connectivity index (χ3n) is 2.61. The first kappa shape index (κ1) is 11.5. The Kier molecular flexibility index (Phi) is 3.56. The van der Waals surface area contributed by atoms with Crippen LogP contribution in [0, 0.1) is 10.6 Å². The number of benzene rings is 1. The zero-order chi connectivity index (χ0) is 11.5. The Bertz CT molecular complexity index is 483. The van der Waals surface area contributed by atoms with E-state index in [1.165, 1.54) is 5.56 Å². The van der Waals surface area contributed by atoms with Gasteiger partial charge in [-0.25, -0.2) is 4.98 Å². The fourth-order valence-electron chi connectivity index (χ4n) is 1.70. The van der Waals surface area contributed by atoms with Gasteiger partial charge in [0.15, 0.2) is 0 Å². The maximum absolute atomic E-state index is 6.22. The van der Waals surface area contributed by atoms with E-state index in [4.69, 9.17) is 5.73 Å². The highest BCUT2D eigenvalue weighted by molar-refractivity contribution is 14.1. The second-order valence-corrected chi connectivity index (χ2v) is 4.86. The molecule has 0 amide bonds. The van der Waals surface area contributed by atoms with Crippen LogP contribution in [0.3, 0.4) is 0 Å². The average molecular weight is 324 g/mol. The SMILES string of the molecule is Cc1cc(I)ncc1[C@@H](N)c1ccccc1. The topological polar surface area (TPSA) is 38.9 Å². The van der Waals surface area contributed by atoms with E-state index in [1.807, 2.05) is 36.5 Å². The molecule has 2 aromatic rings. The molecule has 3 heteroatoms. The third kappa shape index (κ3) is 2.41. The Hall–Kier alpha value is -0.940. The Morgan fingerprint density at radius 2 is 1.94 bits per heavy atom. The van der Waals surface area contributed by atoms with Crippen molar-refractivity contribution >= 4 is 22.6 Å². The molecule has 1 aromatic carbocycles. The molecule has 0 radical (unpaired) electrons. The van der Waals surface area contributed by atoms with Gasteiger partial charge in [0.1, 0.15) is 3.70 Å². The Labute approximate surface area is 109 Å². The van der Waals surface area contributed by atoms with Gasteiger partial charge in [0, 0.05) is 6.20 Å². The number of aromatic nitrogens is 1. The molecule has 82 valence electrons. The van der Waals surface area contributed by atoms with E-state index in [9.17, 15) is 0 Å². The van der Waals surface area contributed by atoms with Crippen molar-refractivity contribution in [3.8, 4) is 0 Å². The van der Waals surface area contributed by atoms with Gasteiger partial charge < -0.3 is 5.73 Å². The number of nitrogens with two attached hydrogens (primary N) is 1. The zero-order valence-electron chi connectivity index (χ0n) is 9.02. The second-order valence-electron chi connectivity index (χ2n) is 3.75. The van der Waals surface area contributed by atoms with Crippen molar-refractivity contribution in [3.05, 3.63) is 63.0 Å². The first-order valence-electron chi connectivity index (χ1n) is 5.11. The second kappa shape index (κ2) is 4.93. The lowest BCUT2D eigenvalue weighted by Crippen LogP contribution is -2.13. The van der Waals surface area contributed by atoms with E-state index in [0.29, 0.717) is 0 Å². The summed E-state index contributed by atoms with van der Waals surface area (Å²) in [5.41, 5.74) is 9.62. The van der Waals surface area contributed by atoms with Crippen molar-refractivity contribution < 1.29 is 0 Å². The van der Waals surface area contributed by atoms with Gasteiger partial charge in [-0.2, -0.15) is 0 Å². The average Bonchev–Trinajstić information content (AvgIpc) is 2.29. The smallest absolute Gasteiger partial charge is 0.101 e. The van der Waals surface area contributed by atoms with Gasteiger partial charge in [0.25, 0.3) is 0 Å². The molecule has 0 saturated heterocycles. The predicted molar refractivity (Wildman–Crippen MR) is 74.2 cm³/mol. The molecule has 0 saturated carbocycles. The molecule has 0 unspecified atom stereocenters. The highest BCUT2D eigenvalue weighted by Gasteiger charge is 2.11. The first-order chi connectivity index (χ1) is 7.68. The third-order valence-corrected chi connectivity index (χ3v) is 3.20. The van der Waals surface area contributed by atoms with Crippen LogP contribution in [0.15, 0.2) is 42.6 Å². The summed E-state index contributed by atoms with van der Waals surface area (Å²) in [5.74, 6) is 0. The lowest BCUT2D eigenvalue weighted by atomic mass is 9.98. The number of halogens is 1. The molecule has 2 N–H and O–H groups in total. The number of aryl methyl sites for hydroxylation is 1. The van der Waals surface area contributed by atoms with Crippen molar-refractivity contribution in [2.75, 3.05) is 0 Å². The largest absolute Gasteiger partial charge is 0.320 e. The van der Waals surface area contributed by atoms with E-state index < -0.39 is 0 Å². The number of hydrogen-bond acceptors (Lipinski definition) is 2. The van der Waals surface area contributed by atoms with Crippen molar-refractivity contribution in [1.82, 2.24) is 4.98 Å². The van der Waals surface area contributed by atoms with Gasteiger partial charge in [0.05, 0.1) is 6.04 Å². The zero-order valence-corrected chi connectivity index (χ0v) is 11.2. The van der Waals surface area contributed by atoms with Crippen molar-refractivity contribution in [1.29, 1.82) is 0 Å². The van der Waals surface area contributed by atoms with E-state index in [1.54, 1.807) is 0 Å². The molecule has 2 nitrogen and oxygen atoms in total. The van der Waals surface area contributed by atoms with Gasteiger partial charge >= 0.3 is 0 Å². The predicted octanol–water partition coefficient (Wildman–Crippen LogP) is 3.04. The van der Waals surface area contributed by atoms with E-state index in [2.05, 4.69) is 40.6 Å². The molecule has 0 fully saturated rings. The Balaban J connectivity index is 2.38. The Morgan fingerprint density at radius 1 is 1.25 bits per heavy atom. The molecule has 0 aliphatic rings. The van der Waals surface area contributed by atoms with Crippen LogP contribution in [-0.4, -0.2) is 4.98 Å². The molecule has 0 bridgehead atoms. The molecule has 0 spiro atoms. The van der Waals surface area contributed by atoms with Crippen LogP contribution in [0.25, 0.3) is 0 Å². The minimum atomic E-state index is -0.0919. The normalized spacial score (nSPS) is 12.4. The standard InChI is InChI=1S/C13H13IN2/c1-9-7-12(14)16-8-11(9)13(15)10-5-3-2-4-6-10/h2-8,13H,15H2,1H3/t13-/m0/s1. The quantitative estimate of drug-likeness (QED) is 0.681. The molecule has 2 rings (SSSR count). The lowest BCUT2D eigenvalue weighted by Gasteiger charge is -2.14. The minimum absolute atomic E-state index is 0.0919. The highest BCUT2D eigenvalue weighted by atomic mass is 127. The van der Waals surface area contributed by atoms with Crippen LogP contribution < -0.4 is 5.73 Å². The van der Waals surface area contributed by atoms with E-state index >= 15 is 0 Å². The van der Waals surface area contributed by atoms with Gasteiger partial charge in [-0.05, 0) is 52.3 Å². The number of rotatable bonds is 2.